The van der Waals surface area contributed by atoms with Crippen LogP contribution in [0.1, 0.15) is 51.3 Å². The van der Waals surface area contributed by atoms with Gasteiger partial charge in [-0.25, -0.2) is 0 Å². The minimum atomic E-state index is -0.0116. The molecule has 1 heteroatoms. The molecule has 0 nitrogen and oxygen atoms in total. The first-order valence-electron chi connectivity index (χ1n) is 6.00. The minimum absolute atomic E-state index is 0.0116. The van der Waals surface area contributed by atoms with Crippen LogP contribution in [0.2, 0.25) is 3.97 Å². The number of rotatable bonds is 2. The molecule has 0 fully saturated rings. The first kappa shape index (κ1) is 14.1. The third kappa shape index (κ3) is 3.50. The van der Waals surface area contributed by atoms with Crippen molar-refractivity contribution in [2.75, 3.05) is 0 Å². The van der Waals surface area contributed by atoms with Crippen LogP contribution < -0.4 is 3.61 Å². The molecule has 0 saturated heterocycles. The van der Waals surface area contributed by atoms with Gasteiger partial charge in [0.15, 0.2) is 0 Å². The zero-order valence-electron chi connectivity index (χ0n) is 11.6. The van der Waals surface area contributed by atoms with Gasteiger partial charge in [-0.3, -0.25) is 0 Å². The van der Waals surface area contributed by atoms with E-state index in [1.807, 2.05) is 0 Å². The van der Waals surface area contributed by atoms with Crippen molar-refractivity contribution in [3.63, 3.8) is 0 Å². The molecular weight excluding hydrogens is 308 g/mol. The number of aryl methyl sites for hydroxylation is 1. The molecule has 0 aliphatic rings. The summed E-state index contributed by atoms with van der Waals surface area (Å²) in [4.78, 5) is 0. The summed E-state index contributed by atoms with van der Waals surface area (Å²) in [5, 5.41) is 0. The molecule has 90 valence electrons. The van der Waals surface area contributed by atoms with E-state index in [9.17, 15) is 0 Å². The molecule has 1 aromatic rings. The third-order valence-electron chi connectivity index (χ3n) is 2.82. The Morgan fingerprint density at radius 2 is 1.62 bits per heavy atom. The van der Waals surface area contributed by atoms with Crippen LogP contribution in [-0.4, -0.2) is 20.9 Å². The molecule has 0 aliphatic heterocycles. The Hall–Kier alpha value is 0.00961. The van der Waals surface area contributed by atoms with Crippen LogP contribution in [0, 0.1) is 13.8 Å². The fraction of sp³-hybridized carbons (Fsp3) is 0.600. The van der Waals surface area contributed by atoms with E-state index >= 15 is 0 Å². The second-order valence-electron chi connectivity index (χ2n) is 5.83. The molecule has 0 N–H and O–H groups in total. The Labute approximate surface area is 111 Å². The summed E-state index contributed by atoms with van der Waals surface area (Å²) >= 11 is -0.0116. The van der Waals surface area contributed by atoms with Gasteiger partial charge in [0.1, 0.15) is 0 Å². The van der Waals surface area contributed by atoms with Crippen molar-refractivity contribution in [3.8, 4) is 0 Å². The number of hydrogen-bond donors (Lipinski definition) is 0. The Bertz CT molecular complexity index is 370. The monoisotopic (exact) mass is 334 g/mol. The van der Waals surface area contributed by atoms with Crippen molar-refractivity contribution in [2.24, 2.45) is 0 Å². The summed E-state index contributed by atoms with van der Waals surface area (Å²) in [7, 11) is 0. The molecule has 0 spiro atoms. The van der Waals surface area contributed by atoms with E-state index in [0.717, 1.165) is 3.97 Å². The first-order valence-corrected chi connectivity index (χ1v) is 8.51. The Kier molecular flexibility index (Phi) is 4.49. The number of hydrogen-bond acceptors (Lipinski definition) is 0. The molecule has 1 rings (SSSR count). The fourth-order valence-electron chi connectivity index (χ4n) is 1.95. The molecule has 0 bridgehead atoms. The van der Waals surface area contributed by atoms with Gasteiger partial charge >= 0.3 is 111 Å². The zero-order valence-corrected chi connectivity index (χ0v) is 14.0. The SMILES string of the molecule is Cc1cc([Te]C(C)C)cc(C(C)(C)C)c1C. The molecule has 0 heterocycles. The van der Waals surface area contributed by atoms with Crippen molar-refractivity contribution in [1.82, 2.24) is 0 Å². The van der Waals surface area contributed by atoms with E-state index in [1.54, 1.807) is 3.61 Å². The molecule has 0 radical (unpaired) electrons. The van der Waals surface area contributed by atoms with Crippen LogP contribution in [0.25, 0.3) is 0 Å². The van der Waals surface area contributed by atoms with Gasteiger partial charge in [-0.2, -0.15) is 0 Å². The van der Waals surface area contributed by atoms with E-state index < -0.39 is 0 Å². The molecule has 0 unspecified atom stereocenters. The molecule has 0 atom stereocenters. The first-order chi connectivity index (χ1) is 7.21. The summed E-state index contributed by atoms with van der Waals surface area (Å²) in [6.45, 7) is 16.1. The van der Waals surface area contributed by atoms with Gasteiger partial charge in [-0.15, -0.1) is 0 Å². The summed E-state index contributed by atoms with van der Waals surface area (Å²) in [5.41, 5.74) is 4.75. The molecule has 0 aliphatic carbocycles. The van der Waals surface area contributed by atoms with Crippen molar-refractivity contribution in [1.29, 1.82) is 0 Å². The van der Waals surface area contributed by atoms with Gasteiger partial charge in [0.2, 0.25) is 0 Å². The average Bonchev–Trinajstić information content (AvgIpc) is 2.08. The summed E-state index contributed by atoms with van der Waals surface area (Å²) in [5.74, 6) is 0. The number of benzene rings is 1. The van der Waals surface area contributed by atoms with Crippen molar-refractivity contribution < 1.29 is 0 Å². The van der Waals surface area contributed by atoms with Crippen LogP contribution in [0.5, 0.6) is 0 Å². The maximum absolute atomic E-state index is 2.46. The van der Waals surface area contributed by atoms with Crippen molar-refractivity contribution in [2.45, 2.75) is 57.8 Å². The van der Waals surface area contributed by atoms with E-state index in [-0.39, 0.29) is 26.3 Å². The van der Waals surface area contributed by atoms with Crippen LogP contribution >= 0.6 is 0 Å². The summed E-state index contributed by atoms with van der Waals surface area (Å²) in [6.07, 6.45) is 0. The van der Waals surface area contributed by atoms with Gasteiger partial charge in [0.05, 0.1) is 0 Å². The van der Waals surface area contributed by atoms with Gasteiger partial charge < -0.3 is 0 Å². The molecule has 0 amide bonds. The van der Waals surface area contributed by atoms with E-state index in [4.69, 9.17) is 0 Å². The Morgan fingerprint density at radius 1 is 1.06 bits per heavy atom. The van der Waals surface area contributed by atoms with E-state index in [2.05, 4.69) is 60.6 Å². The van der Waals surface area contributed by atoms with E-state index in [0.29, 0.717) is 0 Å². The van der Waals surface area contributed by atoms with Gasteiger partial charge in [0.25, 0.3) is 0 Å². The van der Waals surface area contributed by atoms with Crippen LogP contribution in [0.15, 0.2) is 12.1 Å². The average molecular weight is 332 g/mol. The molecule has 0 saturated carbocycles. The van der Waals surface area contributed by atoms with Gasteiger partial charge in [-0.1, -0.05) is 0 Å². The van der Waals surface area contributed by atoms with Crippen LogP contribution in [0.4, 0.5) is 0 Å². The zero-order chi connectivity index (χ0) is 12.5. The topological polar surface area (TPSA) is 0 Å². The Morgan fingerprint density at radius 3 is 2.06 bits per heavy atom. The normalized spacial score (nSPS) is 12.2. The van der Waals surface area contributed by atoms with E-state index in [1.165, 1.54) is 16.7 Å². The van der Waals surface area contributed by atoms with Crippen LogP contribution in [0.3, 0.4) is 0 Å². The second kappa shape index (κ2) is 5.11. The quantitative estimate of drug-likeness (QED) is 0.724. The Balaban J connectivity index is 3.23. The van der Waals surface area contributed by atoms with Gasteiger partial charge in [-0.05, 0) is 0 Å². The van der Waals surface area contributed by atoms with Gasteiger partial charge in [0, 0.05) is 0 Å². The fourth-order valence-corrected chi connectivity index (χ4v) is 4.73. The standard InChI is InChI=1S/C15H24Te/c1-10(2)16-13-8-11(3)12(4)14(9-13)15(5,6)7/h8-10H,1-7H3. The third-order valence-corrected chi connectivity index (χ3v) is 5.62. The molecular formula is C15H24Te. The molecule has 1 aromatic carbocycles. The molecule has 16 heavy (non-hydrogen) atoms. The van der Waals surface area contributed by atoms with Crippen LogP contribution in [-0.2, 0) is 5.41 Å². The van der Waals surface area contributed by atoms with Crippen molar-refractivity contribution in [3.05, 3.63) is 28.8 Å². The predicted molar refractivity (Wildman–Crippen MR) is 75.1 cm³/mol. The maximum atomic E-state index is 2.46. The van der Waals surface area contributed by atoms with Crippen molar-refractivity contribution >= 4 is 24.5 Å². The summed E-state index contributed by atoms with van der Waals surface area (Å²) < 4.78 is 2.48. The summed E-state index contributed by atoms with van der Waals surface area (Å²) in [6, 6.07) is 4.87. The predicted octanol–water partition coefficient (Wildman–Crippen LogP) is 3.76. The molecule has 0 aromatic heterocycles. The second-order valence-corrected chi connectivity index (χ2v) is 10.5.